The van der Waals surface area contributed by atoms with Gasteiger partial charge in [0, 0.05) is 15.1 Å². The van der Waals surface area contributed by atoms with Gasteiger partial charge in [-0.25, -0.2) is 17.8 Å². The molecule has 0 atom stereocenters. The second-order valence-electron chi connectivity index (χ2n) is 6.05. The molecule has 1 N–H and O–H groups in total. The normalized spacial score (nSPS) is 12.0. The second-order valence-corrected chi connectivity index (χ2v) is 9.01. The van der Waals surface area contributed by atoms with Crippen molar-refractivity contribution in [1.29, 1.82) is 0 Å². The largest absolute Gasteiger partial charge is 0.495 e. The summed E-state index contributed by atoms with van der Waals surface area (Å²) < 4.78 is 73.3. The zero-order valence-corrected chi connectivity index (χ0v) is 18.7. The first kappa shape index (κ1) is 24.1. The maximum absolute atomic E-state index is 13.8. The Morgan fingerprint density at radius 3 is 2.25 bits per heavy atom. The van der Waals surface area contributed by atoms with Gasteiger partial charge in [-0.2, -0.15) is 13.2 Å². The van der Waals surface area contributed by atoms with Gasteiger partial charge in [0.2, 0.25) is 0 Å². The lowest BCUT2D eigenvalue weighted by molar-refractivity contribution is -0.143. The van der Waals surface area contributed by atoms with Gasteiger partial charge in [-0.05, 0) is 36.4 Å². The molecule has 32 heavy (non-hydrogen) atoms. The molecule has 0 aliphatic heterocycles. The van der Waals surface area contributed by atoms with Crippen molar-refractivity contribution in [2.75, 3.05) is 7.11 Å². The van der Waals surface area contributed by atoms with Crippen molar-refractivity contribution < 1.29 is 31.1 Å². The molecule has 0 radical (unpaired) electrons. The molecule has 3 rings (SSSR count). The van der Waals surface area contributed by atoms with Crippen LogP contribution in [-0.2, 0) is 16.2 Å². The average molecular weight is 530 g/mol. The van der Waals surface area contributed by atoms with Crippen molar-refractivity contribution in [2.45, 2.75) is 11.1 Å². The number of aromatic nitrogens is 3. The van der Waals surface area contributed by atoms with Gasteiger partial charge < -0.3 is 4.74 Å². The zero-order valence-electron chi connectivity index (χ0n) is 15.6. The summed E-state index contributed by atoms with van der Waals surface area (Å²) in [5.74, 6) is -1.87. The lowest BCUT2D eigenvalue weighted by Crippen LogP contribution is -2.33. The molecule has 15 heteroatoms. The molecule has 0 saturated carbocycles. The SMILES string of the molecule is COc1ccc(Cl)cc1S(=O)(=O)NC(=O)c1nnn(-c2cc(Cl)cc(Cl)c2)c1C(F)(F)F. The van der Waals surface area contributed by atoms with Crippen LogP contribution in [0.3, 0.4) is 0 Å². The fraction of sp³-hybridized carbons (Fsp3) is 0.118. The van der Waals surface area contributed by atoms with Gasteiger partial charge in [-0.15, -0.1) is 5.10 Å². The maximum atomic E-state index is 13.8. The number of hydrogen-bond acceptors (Lipinski definition) is 6. The first-order chi connectivity index (χ1) is 14.8. The predicted octanol–water partition coefficient (Wildman–Crippen LogP) is 4.37. The lowest BCUT2D eigenvalue weighted by Gasteiger charge is -2.13. The molecule has 0 aliphatic rings. The second kappa shape index (κ2) is 8.77. The molecule has 2 aromatic carbocycles. The average Bonchev–Trinajstić information content (AvgIpc) is 3.13. The minimum atomic E-state index is -5.15. The number of hydrogen-bond donors (Lipinski definition) is 1. The minimum absolute atomic E-state index is 0.00208. The number of sulfonamides is 1. The van der Waals surface area contributed by atoms with Gasteiger partial charge in [0.25, 0.3) is 15.9 Å². The third-order valence-electron chi connectivity index (χ3n) is 3.89. The van der Waals surface area contributed by atoms with Gasteiger partial charge in [-0.3, -0.25) is 4.79 Å². The quantitative estimate of drug-likeness (QED) is 0.526. The molecule has 0 saturated heterocycles. The Hall–Kier alpha value is -2.54. The van der Waals surface area contributed by atoms with Gasteiger partial charge in [0.05, 0.1) is 12.8 Å². The van der Waals surface area contributed by atoms with E-state index in [1.807, 2.05) is 0 Å². The highest BCUT2D eigenvalue weighted by Gasteiger charge is 2.43. The lowest BCUT2D eigenvalue weighted by atomic mass is 10.2. The Morgan fingerprint density at radius 2 is 1.69 bits per heavy atom. The van der Waals surface area contributed by atoms with Gasteiger partial charge in [0.15, 0.2) is 11.4 Å². The van der Waals surface area contributed by atoms with Gasteiger partial charge in [0.1, 0.15) is 10.6 Å². The van der Waals surface area contributed by atoms with E-state index < -0.39 is 38.4 Å². The van der Waals surface area contributed by atoms with Crippen LogP contribution < -0.4 is 9.46 Å². The van der Waals surface area contributed by atoms with Crippen molar-refractivity contribution in [2.24, 2.45) is 0 Å². The number of methoxy groups -OCH3 is 1. The molecule has 1 aromatic heterocycles. The Balaban J connectivity index is 2.08. The number of nitrogens with one attached hydrogen (secondary N) is 1. The van der Waals surface area contributed by atoms with E-state index in [2.05, 4.69) is 10.3 Å². The first-order valence-electron chi connectivity index (χ1n) is 8.23. The fourth-order valence-corrected chi connectivity index (χ4v) is 4.52. The van der Waals surface area contributed by atoms with Crippen molar-refractivity contribution in [3.05, 3.63) is 62.9 Å². The Bertz CT molecular complexity index is 1290. The van der Waals surface area contributed by atoms with Crippen LogP contribution in [0.5, 0.6) is 5.75 Å². The van der Waals surface area contributed by atoms with Crippen LogP contribution in [-0.4, -0.2) is 36.4 Å². The van der Waals surface area contributed by atoms with Crippen LogP contribution >= 0.6 is 34.8 Å². The van der Waals surface area contributed by atoms with Crippen molar-refractivity contribution >= 4 is 50.7 Å². The van der Waals surface area contributed by atoms with E-state index in [4.69, 9.17) is 39.5 Å². The van der Waals surface area contributed by atoms with E-state index in [0.717, 1.165) is 25.3 Å². The van der Waals surface area contributed by atoms with E-state index in [1.165, 1.54) is 22.9 Å². The third kappa shape index (κ3) is 4.93. The van der Waals surface area contributed by atoms with E-state index >= 15 is 0 Å². The number of halogens is 6. The molecule has 0 spiro atoms. The smallest absolute Gasteiger partial charge is 0.435 e. The molecule has 0 unspecified atom stereocenters. The highest BCUT2D eigenvalue weighted by atomic mass is 35.5. The molecule has 0 bridgehead atoms. The van der Waals surface area contributed by atoms with E-state index in [0.29, 0.717) is 0 Å². The fourth-order valence-electron chi connectivity index (χ4n) is 2.62. The molecule has 1 amide bonds. The number of amides is 1. The monoisotopic (exact) mass is 528 g/mol. The molecule has 3 aromatic rings. The van der Waals surface area contributed by atoms with Crippen molar-refractivity contribution in [3.63, 3.8) is 0 Å². The molecular formula is C17H10Cl3F3N4O4S. The summed E-state index contributed by atoms with van der Waals surface area (Å²) in [6.45, 7) is 0. The number of rotatable bonds is 5. The Kier molecular flexibility index (Phi) is 6.61. The minimum Gasteiger partial charge on any atom is -0.495 e. The molecule has 1 heterocycles. The standard InChI is InChI=1S/C17H10Cl3F3N4O4S/c1-31-12-3-2-8(18)7-13(12)32(29,30)25-16(28)14-15(17(21,22)23)27(26-24-14)11-5-9(19)4-10(20)6-11/h2-7H,1H3,(H,25,28). The number of carbonyl (C=O) groups is 1. The number of nitrogens with zero attached hydrogens (tertiary/aromatic N) is 3. The van der Waals surface area contributed by atoms with E-state index in [1.54, 1.807) is 0 Å². The van der Waals surface area contributed by atoms with Crippen LogP contribution in [0.2, 0.25) is 15.1 Å². The molecule has 0 aliphatic carbocycles. The molecule has 0 fully saturated rings. The maximum Gasteiger partial charge on any atom is 0.435 e. The first-order valence-corrected chi connectivity index (χ1v) is 10.8. The highest BCUT2D eigenvalue weighted by Crippen LogP contribution is 2.34. The molecule has 170 valence electrons. The Labute approximate surface area is 193 Å². The van der Waals surface area contributed by atoms with E-state index in [9.17, 15) is 26.4 Å². The Morgan fingerprint density at radius 1 is 1.06 bits per heavy atom. The summed E-state index contributed by atoms with van der Waals surface area (Å²) in [5.41, 5.74) is -3.18. The summed E-state index contributed by atoms with van der Waals surface area (Å²) in [7, 11) is -3.54. The summed E-state index contributed by atoms with van der Waals surface area (Å²) in [6.07, 6.45) is -5.15. The number of alkyl halides is 3. The predicted molar refractivity (Wildman–Crippen MR) is 109 cm³/mol. The summed E-state index contributed by atoms with van der Waals surface area (Å²) >= 11 is 17.4. The molecular weight excluding hydrogens is 520 g/mol. The van der Waals surface area contributed by atoms with Crippen LogP contribution in [0.15, 0.2) is 41.3 Å². The third-order valence-corrected chi connectivity index (χ3v) is 5.91. The van der Waals surface area contributed by atoms with Gasteiger partial charge >= 0.3 is 6.18 Å². The van der Waals surface area contributed by atoms with Crippen LogP contribution in [0, 0.1) is 0 Å². The topological polar surface area (TPSA) is 103 Å². The highest BCUT2D eigenvalue weighted by molar-refractivity contribution is 7.90. The van der Waals surface area contributed by atoms with Gasteiger partial charge in [-0.1, -0.05) is 40.0 Å². The summed E-state index contributed by atoms with van der Waals surface area (Å²) in [5, 5.41) is 6.54. The summed E-state index contributed by atoms with van der Waals surface area (Å²) in [4.78, 5) is 12.0. The zero-order chi connectivity index (χ0) is 23.8. The van der Waals surface area contributed by atoms with E-state index in [-0.39, 0.29) is 31.2 Å². The summed E-state index contributed by atoms with van der Waals surface area (Å²) in [6, 6.07) is 6.98. The number of carbonyl (C=O) groups excluding carboxylic acids is 1. The van der Waals surface area contributed by atoms with Crippen LogP contribution in [0.25, 0.3) is 5.69 Å². The van der Waals surface area contributed by atoms with Crippen LogP contribution in [0.4, 0.5) is 13.2 Å². The van der Waals surface area contributed by atoms with Crippen molar-refractivity contribution in [3.8, 4) is 11.4 Å². The van der Waals surface area contributed by atoms with Crippen molar-refractivity contribution in [1.82, 2.24) is 19.7 Å². The van der Waals surface area contributed by atoms with Crippen LogP contribution in [0.1, 0.15) is 16.2 Å². The number of benzene rings is 2. The number of ether oxygens (including phenoxy) is 1. The molecule has 8 nitrogen and oxygen atoms in total.